The average Bonchev–Trinajstić information content (AvgIpc) is 3.18. The topological polar surface area (TPSA) is 114 Å². The third-order valence-corrected chi connectivity index (χ3v) is 7.86. The third kappa shape index (κ3) is 5.71. The van der Waals surface area contributed by atoms with Crippen LogP contribution in [0.2, 0.25) is 5.02 Å². The molecule has 0 radical (unpaired) electrons. The van der Waals surface area contributed by atoms with Gasteiger partial charge in [0.25, 0.3) is 15.9 Å². The zero-order valence-electron chi connectivity index (χ0n) is 21.5. The highest BCUT2D eigenvalue weighted by molar-refractivity contribution is 7.90. The van der Waals surface area contributed by atoms with Crippen LogP contribution in [0.4, 0.5) is 5.69 Å². The van der Waals surface area contributed by atoms with E-state index in [9.17, 15) is 18.0 Å². The number of rotatable bonds is 8. The van der Waals surface area contributed by atoms with E-state index in [0.29, 0.717) is 40.7 Å². The van der Waals surface area contributed by atoms with E-state index in [2.05, 4.69) is 14.7 Å². The number of imidazole rings is 1. The second-order valence-electron chi connectivity index (χ2n) is 9.01. The lowest BCUT2D eigenvalue weighted by Crippen LogP contribution is -2.31. The summed E-state index contributed by atoms with van der Waals surface area (Å²) in [6.45, 7) is 5.91. The first-order valence-corrected chi connectivity index (χ1v) is 13.9. The highest BCUT2D eigenvalue weighted by atomic mass is 35.5. The third-order valence-electron chi connectivity index (χ3n) is 6.16. The van der Waals surface area contributed by atoms with Crippen LogP contribution in [0.3, 0.4) is 0 Å². The number of aromatic nitrogens is 3. The molecule has 0 unspecified atom stereocenters. The number of hydrogen-bond acceptors (Lipinski definition) is 6. The normalized spacial score (nSPS) is 11.5. The molecular weight excluding hydrogens is 526 g/mol. The molecule has 2 aromatic carbocycles. The lowest BCUT2D eigenvalue weighted by atomic mass is 10.1. The van der Waals surface area contributed by atoms with Crippen LogP contribution in [0.25, 0.3) is 11.2 Å². The van der Waals surface area contributed by atoms with Gasteiger partial charge in [-0.25, -0.2) is 23.1 Å². The average molecular weight is 554 g/mol. The second kappa shape index (κ2) is 10.9. The fourth-order valence-electron chi connectivity index (χ4n) is 3.95. The van der Waals surface area contributed by atoms with Gasteiger partial charge in [-0.1, -0.05) is 42.3 Å². The number of benzene rings is 2. The highest BCUT2D eigenvalue weighted by Gasteiger charge is 2.21. The number of nitrogens with one attached hydrogen (secondary N) is 1. The van der Waals surface area contributed by atoms with Gasteiger partial charge < -0.3 is 9.47 Å². The molecule has 38 heavy (non-hydrogen) atoms. The molecule has 11 heteroatoms. The maximum Gasteiger partial charge on any atom is 0.283 e. The predicted molar refractivity (Wildman–Crippen MR) is 147 cm³/mol. The van der Waals surface area contributed by atoms with Crippen LogP contribution in [0.1, 0.15) is 47.2 Å². The van der Waals surface area contributed by atoms with Gasteiger partial charge in [0.05, 0.1) is 11.4 Å². The summed E-state index contributed by atoms with van der Waals surface area (Å²) in [5.74, 6) is -0.195. The summed E-state index contributed by atoms with van der Waals surface area (Å²) in [6.07, 6.45) is 1.21. The van der Waals surface area contributed by atoms with Crippen molar-refractivity contribution in [2.24, 2.45) is 0 Å². The van der Waals surface area contributed by atoms with Crippen molar-refractivity contribution in [3.8, 4) is 0 Å². The molecule has 2 heterocycles. The molecule has 2 amide bonds. The molecule has 0 atom stereocenters. The van der Waals surface area contributed by atoms with E-state index in [1.807, 2.05) is 32.9 Å². The van der Waals surface area contributed by atoms with Gasteiger partial charge in [-0.05, 0) is 62.2 Å². The van der Waals surface area contributed by atoms with Crippen LogP contribution < -0.4 is 9.62 Å². The van der Waals surface area contributed by atoms with Gasteiger partial charge in [0, 0.05) is 24.2 Å². The van der Waals surface area contributed by atoms with E-state index in [4.69, 9.17) is 11.6 Å². The minimum atomic E-state index is -4.07. The molecule has 1 N–H and O–H groups in total. The largest absolute Gasteiger partial charge is 0.315 e. The first kappa shape index (κ1) is 27.3. The number of hydrogen-bond donors (Lipinski definition) is 1. The lowest BCUT2D eigenvalue weighted by Gasteiger charge is -2.18. The Kier molecular flexibility index (Phi) is 7.84. The number of carbonyl (C=O) groups is 2. The van der Waals surface area contributed by atoms with E-state index >= 15 is 0 Å². The number of carbonyl (C=O) groups excluding carboxylic acids is 2. The van der Waals surface area contributed by atoms with E-state index in [0.717, 1.165) is 17.5 Å². The van der Waals surface area contributed by atoms with Gasteiger partial charge in [-0.2, -0.15) is 0 Å². The van der Waals surface area contributed by atoms with Crippen molar-refractivity contribution in [1.29, 1.82) is 0 Å². The molecule has 4 aromatic rings. The lowest BCUT2D eigenvalue weighted by molar-refractivity contribution is -0.118. The maximum atomic E-state index is 12.8. The van der Waals surface area contributed by atoms with Crippen LogP contribution in [-0.2, 0) is 21.4 Å². The Hall–Kier alpha value is -3.76. The molecule has 0 spiro atoms. The second-order valence-corrected chi connectivity index (χ2v) is 11.1. The molecule has 0 aliphatic carbocycles. The number of pyridine rings is 1. The SMILES string of the molecule is CCCC(=O)N(C)c1ccc(Cn2c(C)nc3ccc(C(=O)NS(=O)(=O)c4ccc(C)cc4)nc32)c(Cl)c1. The summed E-state index contributed by atoms with van der Waals surface area (Å²) >= 11 is 6.58. The van der Waals surface area contributed by atoms with Crippen molar-refractivity contribution in [2.45, 2.75) is 45.1 Å². The number of anilines is 1. The van der Waals surface area contributed by atoms with E-state index in [1.54, 1.807) is 40.8 Å². The Morgan fingerprint density at radius 2 is 1.74 bits per heavy atom. The number of aryl methyl sites for hydroxylation is 2. The minimum absolute atomic E-state index is 0.00663. The van der Waals surface area contributed by atoms with Crippen molar-refractivity contribution in [3.63, 3.8) is 0 Å². The van der Waals surface area contributed by atoms with Crippen molar-refractivity contribution < 1.29 is 18.0 Å². The van der Waals surface area contributed by atoms with Crippen molar-refractivity contribution in [1.82, 2.24) is 19.3 Å². The van der Waals surface area contributed by atoms with Gasteiger partial charge >= 0.3 is 0 Å². The fourth-order valence-corrected chi connectivity index (χ4v) is 5.15. The zero-order valence-corrected chi connectivity index (χ0v) is 23.1. The molecule has 4 rings (SSSR count). The van der Waals surface area contributed by atoms with E-state index in [1.165, 1.54) is 18.2 Å². The Balaban J connectivity index is 1.60. The molecule has 0 aliphatic rings. The molecule has 9 nitrogen and oxygen atoms in total. The Morgan fingerprint density at radius 1 is 1.03 bits per heavy atom. The van der Waals surface area contributed by atoms with E-state index < -0.39 is 15.9 Å². The van der Waals surface area contributed by atoms with Crippen LogP contribution in [0.5, 0.6) is 0 Å². The summed E-state index contributed by atoms with van der Waals surface area (Å²) in [7, 11) is -2.35. The standard InChI is InChI=1S/C27H28ClN5O4S/c1-5-6-25(34)32(4)20-10-9-19(22(28)15-20)16-33-18(3)29-23-13-14-24(30-26(23)33)27(35)31-38(36,37)21-11-7-17(2)8-12-21/h7-15H,5-6,16H2,1-4H3,(H,31,35). The number of sulfonamides is 1. The van der Waals surface area contributed by atoms with Crippen LogP contribution in [0.15, 0.2) is 59.5 Å². The number of fused-ring (bicyclic) bond motifs is 1. The summed E-state index contributed by atoms with van der Waals surface area (Å²) in [5, 5.41) is 0.470. The van der Waals surface area contributed by atoms with Crippen molar-refractivity contribution in [3.05, 3.63) is 82.3 Å². The molecule has 198 valence electrons. The van der Waals surface area contributed by atoms with Crippen molar-refractivity contribution in [2.75, 3.05) is 11.9 Å². The summed E-state index contributed by atoms with van der Waals surface area (Å²) in [5.41, 5.74) is 3.27. The van der Waals surface area contributed by atoms with Gasteiger partial charge in [0.1, 0.15) is 17.0 Å². The monoisotopic (exact) mass is 553 g/mol. The fraction of sp³-hybridized carbons (Fsp3) is 0.259. The highest BCUT2D eigenvalue weighted by Crippen LogP contribution is 2.26. The van der Waals surface area contributed by atoms with Gasteiger partial charge in [0.15, 0.2) is 5.65 Å². The zero-order chi connectivity index (χ0) is 27.6. The first-order chi connectivity index (χ1) is 18.0. The molecular formula is C27H28ClN5O4S. The molecule has 2 aromatic heterocycles. The predicted octanol–water partition coefficient (Wildman–Crippen LogP) is 4.63. The maximum absolute atomic E-state index is 12.8. The van der Waals surface area contributed by atoms with Crippen LogP contribution in [-0.4, -0.2) is 41.8 Å². The Morgan fingerprint density at radius 3 is 2.39 bits per heavy atom. The van der Waals surface area contributed by atoms with Gasteiger partial charge in [-0.3, -0.25) is 9.59 Å². The number of nitrogens with zero attached hydrogens (tertiary/aromatic N) is 4. The van der Waals surface area contributed by atoms with E-state index in [-0.39, 0.29) is 16.5 Å². The number of amides is 2. The molecule has 0 saturated carbocycles. The number of halogens is 1. The van der Waals surface area contributed by atoms with Crippen LogP contribution >= 0.6 is 11.6 Å². The van der Waals surface area contributed by atoms with Crippen LogP contribution in [0, 0.1) is 13.8 Å². The van der Waals surface area contributed by atoms with Gasteiger partial charge in [-0.15, -0.1) is 0 Å². The Labute approximate surface area is 226 Å². The smallest absolute Gasteiger partial charge is 0.283 e. The van der Waals surface area contributed by atoms with Crippen molar-refractivity contribution >= 4 is 50.3 Å². The minimum Gasteiger partial charge on any atom is -0.315 e. The summed E-state index contributed by atoms with van der Waals surface area (Å²) in [4.78, 5) is 35.6. The summed E-state index contributed by atoms with van der Waals surface area (Å²) < 4.78 is 29.2. The quantitative estimate of drug-likeness (QED) is 0.340. The first-order valence-electron chi connectivity index (χ1n) is 12.0. The molecule has 0 fully saturated rings. The van der Waals surface area contributed by atoms with Gasteiger partial charge in [0.2, 0.25) is 5.91 Å². The summed E-state index contributed by atoms with van der Waals surface area (Å²) in [6, 6.07) is 14.6. The molecule has 0 bridgehead atoms. The molecule has 0 saturated heterocycles. The molecule has 0 aliphatic heterocycles. The Bertz CT molecular complexity index is 1630.